The van der Waals surface area contributed by atoms with Crippen LogP contribution in [0.5, 0.6) is 0 Å². The van der Waals surface area contributed by atoms with Crippen molar-refractivity contribution in [2.75, 3.05) is 20.1 Å². The van der Waals surface area contributed by atoms with Gasteiger partial charge in [-0.25, -0.2) is 0 Å². The van der Waals surface area contributed by atoms with E-state index in [0.717, 1.165) is 36.8 Å². The molecule has 1 saturated carbocycles. The van der Waals surface area contributed by atoms with Gasteiger partial charge in [-0.2, -0.15) is 0 Å². The lowest BCUT2D eigenvalue weighted by Gasteiger charge is -2.33. The molecule has 3 aliphatic rings. The number of hydrogen-bond acceptors (Lipinski definition) is 3. The minimum Gasteiger partial charge on any atom is -0.466 e. The summed E-state index contributed by atoms with van der Waals surface area (Å²) in [6.07, 6.45) is 7.41. The van der Waals surface area contributed by atoms with Gasteiger partial charge in [0.1, 0.15) is 11.5 Å². The standard InChI is InChI=1S/C20H30N2O2/c1-14-13-16(14)19-9-7-15(24-19)8-10-20(23)22-12-4-6-18(22)17-5-3-11-21(17)2/h7,9,14,16-18H,3-6,8,10-13H2,1-2H3/t14-,16+,17+,18+/m1/s1. The summed E-state index contributed by atoms with van der Waals surface area (Å²) in [7, 11) is 2.21. The molecular formula is C20H30N2O2. The Morgan fingerprint density at radius 1 is 1.21 bits per heavy atom. The van der Waals surface area contributed by atoms with Crippen molar-refractivity contribution in [3.8, 4) is 0 Å². The predicted molar refractivity (Wildman–Crippen MR) is 93.9 cm³/mol. The molecule has 24 heavy (non-hydrogen) atoms. The molecule has 3 fully saturated rings. The molecular weight excluding hydrogens is 300 g/mol. The lowest BCUT2D eigenvalue weighted by molar-refractivity contribution is -0.133. The molecule has 0 radical (unpaired) electrons. The number of hydrogen-bond donors (Lipinski definition) is 0. The van der Waals surface area contributed by atoms with Crippen molar-refractivity contribution < 1.29 is 9.21 Å². The van der Waals surface area contributed by atoms with Crippen LogP contribution in [-0.4, -0.2) is 47.9 Å². The molecule has 0 bridgehead atoms. The third-order valence-electron chi connectivity index (χ3n) is 6.38. The van der Waals surface area contributed by atoms with Crippen molar-refractivity contribution in [3.63, 3.8) is 0 Å². The lowest BCUT2D eigenvalue weighted by Crippen LogP contribution is -2.47. The quantitative estimate of drug-likeness (QED) is 0.830. The Morgan fingerprint density at radius 3 is 2.67 bits per heavy atom. The number of carbonyl (C=O) groups is 1. The number of rotatable bonds is 5. The summed E-state index contributed by atoms with van der Waals surface area (Å²) in [5, 5.41) is 0. The second-order valence-electron chi connectivity index (χ2n) is 8.11. The lowest BCUT2D eigenvalue weighted by atomic mass is 10.0. The predicted octanol–water partition coefficient (Wildman–Crippen LogP) is 3.42. The van der Waals surface area contributed by atoms with Crippen LogP contribution in [0.1, 0.15) is 62.9 Å². The van der Waals surface area contributed by atoms with Crippen LogP contribution in [0.25, 0.3) is 0 Å². The average molecular weight is 330 g/mol. The molecule has 4 nitrogen and oxygen atoms in total. The number of likely N-dealkylation sites (tertiary alicyclic amines) is 2. The Labute approximate surface area is 145 Å². The zero-order chi connectivity index (χ0) is 16.7. The summed E-state index contributed by atoms with van der Waals surface area (Å²) in [5.41, 5.74) is 0. The summed E-state index contributed by atoms with van der Waals surface area (Å²) in [4.78, 5) is 17.4. The van der Waals surface area contributed by atoms with Crippen LogP contribution < -0.4 is 0 Å². The number of carbonyl (C=O) groups excluding carboxylic acids is 1. The Hall–Kier alpha value is -1.29. The summed E-state index contributed by atoms with van der Waals surface area (Å²) in [6, 6.07) is 5.19. The van der Waals surface area contributed by atoms with E-state index in [1.165, 1.54) is 32.2 Å². The van der Waals surface area contributed by atoms with Gasteiger partial charge >= 0.3 is 0 Å². The maximum atomic E-state index is 12.8. The van der Waals surface area contributed by atoms with Crippen LogP contribution in [0.2, 0.25) is 0 Å². The zero-order valence-corrected chi connectivity index (χ0v) is 15.0. The summed E-state index contributed by atoms with van der Waals surface area (Å²) >= 11 is 0. The third kappa shape index (κ3) is 3.13. The Balaban J connectivity index is 1.32. The van der Waals surface area contributed by atoms with Crippen LogP contribution in [-0.2, 0) is 11.2 Å². The molecule has 0 unspecified atom stereocenters. The summed E-state index contributed by atoms with van der Waals surface area (Å²) < 4.78 is 5.96. The van der Waals surface area contributed by atoms with E-state index in [1.807, 2.05) is 0 Å². The minimum atomic E-state index is 0.315. The minimum absolute atomic E-state index is 0.315. The molecule has 0 N–H and O–H groups in total. The van der Waals surface area contributed by atoms with E-state index >= 15 is 0 Å². The van der Waals surface area contributed by atoms with Gasteiger partial charge in [-0.3, -0.25) is 4.79 Å². The van der Waals surface area contributed by atoms with Crippen LogP contribution in [0, 0.1) is 5.92 Å². The first-order valence-electron chi connectivity index (χ1n) is 9.72. The van der Waals surface area contributed by atoms with E-state index in [4.69, 9.17) is 4.42 Å². The largest absolute Gasteiger partial charge is 0.466 e. The molecule has 2 saturated heterocycles. The maximum absolute atomic E-state index is 12.8. The smallest absolute Gasteiger partial charge is 0.223 e. The highest BCUT2D eigenvalue weighted by molar-refractivity contribution is 5.77. The highest BCUT2D eigenvalue weighted by atomic mass is 16.3. The molecule has 0 aromatic carbocycles. The average Bonchev–Trinajstić information content (AvgIpc) is 3.02. The second kappa shape index (κ2) is 6.55. The molecule has 1 aromatic heterocycles. The van der Waals surface area contributed by atoms with Gasteiger partial charge < -0.3 is 14.2 Å². The van der Waals surface area contributed by atoms with E-state index < -0.39 is 0 Å². The van der Waals surface area contributed by atoms with Crippen molar-refractivity contribution in [3.05, 3.63) is 23.7 Å². The van der Waals surface area contributed by atoms with Crippen LogP contribution in [0.4, 0.5) is 0 Å². The van der Waals surface area contributed by atoms with Gasteiger partial charge in [0.15, 0.2) is 0 Å². The number of amides is 1. The molecule has 4 atom stereocenters. The van der Waals surface area contributed by atoms with Gasteiger partial charge in [0.2, 0.25) is 5.91 Å². The fourth-order valence-corrected chi connectivity index (χ4v) is 4.74. The first kappa shape index (κ1) is 16.2. The zero-order valence-electron chi connectivity index (χ0n) is 15.0. The normalized spacial score (nSPS) is 33.3. The Bertz CT molecular complexity index is 596. The highest BCUT2D eigenvalue weighted by Gasteiger charge is 2.38. The van der Waals surface area contributed by atoms with E-state index in [-0.39, 0.29) is 0 Å². The fraction of sp³-hybridized carbons (Fsp3) is 0.750. The molecule has 2 aliphatic heterocycles. The number of nitrogens with zero attached hydrogens (tertiary/aromatic N) is 2. The van der Waals surface area contributed by atoms with Gasteiger partial charge in [0, 0.05) is 37.4 Å². The molecule has 4 heteroatoms. The number of furan rings is 1. The van der Waals surface area contributed by atoms with Crippen molar-refractivity contribution in [2.45, 2.75) is 69.9 Å². The number of aryl methyl sites for hydroxylation is 1. The Kier molecular flexibility index (Phi) is 4.42. The van der Waals surface area contributed by atoms with Gasteiger partial charge in [-0.1, -0.05) is 6.92 Å². The molecule has 1 aliphatic carbocycles. The molecule has 4 rings (SSSR count). The maximum Gasteiger partial charge on any atom is 0.223 e. The van der Waals surface area contributed by atoms with E-state index in [2.05, 4.69) is 35.9 Å². The van der Waals surface area contributed by atoms with Crippen molar-refractivity contribution in [2.24, 2.45) is 5.92 Å². The van der Waals surface area contributed by atoms with Crippen molar-refractivity contribution >= 4 is 5.91 Å². The van der Waals surface area contributed by atoms with Crippen LogP contribution in [0.3, 0.4) is 0 Å². The summed E-state index contributed by atoms with van der Waals surface area (Å²) in [5.74, 6) is 3.80. The van der Waals surface area contributed by atoms with Gasteiger partial charge in [-0.15, -0.1) is 0 Å². The third-order valence-corrected chi connectivity index (χ3v) is 6.38. The summed E-state index contributed by atoms with van der Waals surface area (Å²) in [6.45, 7) is 4.39. The van der Waals surface area contributed by atoms with Crippen molar-refractivity contribution in [1.82, 2.24) is 9.80 Å². The monoisotopic (exact) mass is 330 g/mol. The second-order valence-corrected chi connectivity index (χ2v) is 8.11. The first-order valence-corrected chi connectivity index (χ1v) is 9.72. The van der Waals surface area contributed by atoms with Crippen molar-refractivity contribution in [1.29, 1.82) is 0 Å². The van der Waals surface area contributed by atoms with Crippen LogP contribution in [0.15, 0.2) is 16.5 Å². The molecule has 1 amide bonds. The SMILES string of the molecule is C[C@@H]1C[C@@H]1c1ccc(CCC(=O)N2CCC[C@H]2[C@@H]2CCCN2C)o1. The molecule has 0 spiro atoms. The van der Waals surface area contributed by atoms with E-state index in [9.17, 15) is 4.79 Å². The van der Waals surface area contributed by atoms with E-state index in [0.29, 0.717) is 30.3 Å². The number of likely N-dealkylation sites (N-methyl/N-ethyl adjacent to an activating group) is 1. The molecule has 3 heterocycles. The molecule has 132 valence electrons. The van der Waals surface area contributed by atoms with Crippen LogP contribution >= 0.6 is 0 Å². The fourth-order valence-electron chi connectivity index (χ4n) is 4.74. The highest BCUT2D eigenvalue weighted by Crippen LogP contribution is 2.47. The topological polar surface area (TPSA) is 36.7 Å². The Morgan fingerprint density at radius 2 is 1.96 bits per heavy atom. The van der Waals surface area contributed by atoms with Gasteiger partial charge in [0.25, 0.3) is 0 Å². The first-order chi connectivity index (χ1) is 11.6. The molecule has 1 aromatic rings. The van der Waals surface area contributed by atoms with Gasteiger partial charge in [-0.05, 0) is 63.7 Å². The van der Waals surface area contributed by atoms with Gasteiger partial charge in [0.05, 0.1) is 0 Å². The van der Waals surface area contributed by atoms with E-state index in [1.54, 1.807) is 0 Å².